The molecule has 6 nitrogen and oxygen atoms in total. The van der Waals surface area contributed by atoms with Gasteiger partial charge in [-0.2, -0.15) is 0 Å². The summed E-state index contributed by atoms with van der Waals surface area (Å²) in [5.41, 5.74) is 1.20. The topological polar surface area (TPSA) is 67.8 Å². The Morgan fingerprint density at radius 3 is 2.39 bits per heavy atom. The molecule has 1 heterocycles. The fourth-order valence-corrected chi connectivity index (χ4v) is 3.57. The quantitative estimate of drug-likeness (QED) is 0.443. The average molecular weight is 405 g/mol. The molecule has 1 aromatic heterocycles. The van der Waals surface area contributed by atoms with E-state index in [0.717, 1.165) is 54.8 Å². The summed E-state index contributed by atoms with van der Waals surface area (Å²) in [6.45, 7) is 8.96. The van der Waals surface area contributed by atoms with E-state index < -0.39 is 0 Å². The highest BCUT2D eigenvalue weighted by Gasteiger charge is 2.07. The Balaban J connectivity index is 1.77. The number of aromatic nitrogens is 1. The SMILES string of the molecule is CCOc1ccc(CCNC(=NC)NCCc2ncc(CC)s2)cc1OCC. The molecule has 2 N–H and O–H groups in total. The minimum absolute atomic E-state index is 0.622. The fraction of sp³-hybridized carbons (Fsp3) is 0.524. The highest BCUT2D eigenvalue weighted by atomic mass is 32.1. The van der Waals surface area contributed by atoms with Crippen LogP contribution < -0.4 is 20.1 Å². The third kappa shape index (κ3) is 7.03. The lowest BCUT2D eigenvalue weighted by molar-refractivity contribution is 0.287. The Labute approximate surface area is 172 Å². The molecule has 0 amide bonds. The molecule has 7 heteroatoms. The molecule has 0 aliphatic carbocycles. The van der Waals surface area contributed by atoms with Crippen molar-refractivity contribution in [1.82, 2.24) is 15.6 Å². The van der Waals surface area contributed by atoms with Gasteiger partial charge in [0, 0.05) is 37.6 Å². The van der Waals surface area contributed by atoms with Crippen LogP contribution in [0.2, 0.25) is 0 Å². The van der Waals surface area contributed by atoms with E-state index >= 15 is 0 Å². The highest BCUT2D eigenvalue weighted by Crippen LogP contribution is 2.28. The minimum Gasteiger partial charge on any atom is -0.490 e. The zero-order valence-electron chi connectivity index (χ0n) is 17.4. The molecular formula is C21H32N4O2S. The number of thiazole rings is 1. The number of guanidine groups is 1. The lowest BCUT2D eigenvalue weighted by Crippen LogP contribution is -2.39. The monoisotopic (exact) mass is 404 g/mol. The molecular weight excluding hydrogens is 372 g/mol. The summed E-state index contributed by atoms with van der Waals surface area (Å²) in [4.78, 5) is 10.1. The summed E-state index contributed by atoms with van der Waals surface area (Å²) >= 11 is 1.78. The maximum Gasteiger partial charge on any atom is 0.191 e. The van der Waals surface area contributed by atoms with Crippen molar-refractivity contribution in [1.29, 1.82) is 0 Å². The minimum atomic E-state index is 0.622. The number of nitrogens with one attached hydrogen (secondary N) is 2. The van der Waals surface area contributed by atoms with Crippen molar-refractivity contribution in [2.24, 2.45) is 4.99 Å². The first-order valence-corrected chi connectivity index (χ1v) is 10.8. The van der Waals surface area contributed by atoms with E-state index in [-0.39, 0.29) is 0 Å². The number of nitrogens with zero attached hydrogens (tertiary/aromatic N) is 2. The predicted molar refractivity (Wildman–Crippen MR) is 117 cm³/mol. The summed E-state index contributed by atoms with van der Waals surface area (Å²) in [6.07, 6.45) is 4.80. The van der Waals surface area contributed by atoms with E-state index in [9.17, 15) is 0 Å². The molecule has 0 saturated heterocycles. The van der Waals surface area contributed by atoms with Crippen LogP contribution in [-0.4, -0.2) is 44.3 Å². The molecule has 0 unspecified atom stereocenters. The van der Waals surface area contributed by atoms with Crippen molar-refractivity contribution in [2.75, 3.05) is 33.4 Å². The van der Waals surface area contributed by atoms with Crippen LogP contribution in [0.3, 0.4) is 0 Å². The third-order valence-corrected chi connectivity index (χ3v) is 5.32. The predicted octanol–water partition coefficient (Wildman–Crippen LogP) is 3.45. The zero-order valence-corrected chi connectivity index (χ0v) is 18.2. The van der Waals surface area contributed by atoms with Crippen LogP contribution in [0.5, 0.6) is 11.5 Å². The van der Waals surface area contributed by atoms with Gasteiger partial charge in [0.15, 0.2) is 17.5 Å². The normalized spacial score (nSPS) is 11.4. The standard InChI is InChI=1S/C21H32N4O2S/c1-5-17-15-25-20(28-17)11-13-24-21(22-4)23-12-10-16-8-9-18(26-6-2)19(14-16)27-7-3/h8-9,14-15H,5-7,10-13H2,1-4H3,(H2,22,23,24). The molecule has 0 spiro atoms. The van der Waals surface area contributed by atoms with Gasteiger partial charge in [0.2, 0.25) is 0 Å². The van der Waals surface area contributed by atoms with E-state index in [1.54, 1.807) is 18.4 Å². The fourth-order valence-electron chi connectivity index (χ4n) is 2.71. The first kappa shape index (κ1) is 22.0. The second-order valence-corrected chi connectivity index (χ2v) is 7.35. The van der Waals surface area contributed by atoms with Crippen LogP contribution in [0.4, 0.5) is 0 Å². The van der Waals surface area contributed by atoms with Gasteiger partial charge in [-0.05, 0) is 44.4 Å². The second kappa shape index (κ2) is 12.2. The Morgan fingerprint density at radius 2 is 1.75 bits per heavy atom. The molecule has 0 bridgehead atoms. The van der Waals surface area contributed by atoms with Gasteiger partial charge in [-0.3, -0.25) is 4.99 Å². The van der Waals surface area contributed by atoms with Crippen molar-refractivity contribution in [2.45, 2.75) is 40.0 Å². The van der Waals surface area contributed by atoms with Crippen molar-refractivity contribution < 1.29 is 9.47 Å². The molecule has 0 saturated carbocycles. The summed E-state index contributed by atoms with van der Waals surface area (Å²) in [7, 11) is 1.79. The van der Waals surface area contributed by atoms with Gasteiger partial charge in [-0.15, -0.1) is 11.3 Å². The van der Waals surface area contributed by atoms with E-state index in [1.807, 2.05) is 26.1 Å². The average Bonchev–Trinajstić information content (AvgIpc) is 3.17. The number of ether oxygens (including phenoxy) is 2. The number of aryl methyl sites for hydroxylation is 1. The van der Waals surface area contributed by atoms with Gasteiger partial charge >= 0.3 is 0 Å². The molecule has 2 rings (SSSR count). The van der Waals surface area contributed by atoms with Crippen LogP contribution in [-0.2, 0) is 19.3 Å². The number of hydrogen-bond donors (Lipinski definition) is 2. The first-order valence-electron chi connectivity index (χ1n) is 9.96. The van der Waals surface area contributed by atoms with Crippen molar-refractivity contribution in [3.63, 3.8) is 0 Å². The van der Waals surface area contributed by atoms with Gasteiger partial charge in [-0.1, -0.05) is 13.0 Å². The highest BCUT2D eigenvalue weighted by molar-refractivity contribution is 7.11. The number of rotatable bonds is 11. The van der Waals surface area contributed by atoms with Gasteiger partial charge in [-0.25, -0.2) is 4.98 Å². The first-order chi connectivity index (χ1) is 13.7. The molecule has 28 heavy (non-hydrogen) atoms. The van der Waals surface area contributed by atoms with Gasteiger partial charge in [0.1, 0.15) is 0 Å². The third-order valence-electron chi connectivity index (χ3n) is 4.12. The molecule has 2 aromatic rings. The molecule has 0 aliphatic heterocycles. The van der Waals surface area contributed by atoms with E-state index in [1.165, 1.54) is 10.4 Å². The Hall–Kier alpha value is -2.28. The maximum atomic E-state index is 5.70. The molecule has 1 aromatic carbocycles. The lowest BCUT2D eigenvalue weighted by atomic mass is 10.1. The van der Waals surface area contributed by atoms with E-state index in [0.29, 0.717) is 13.2 Å². The van der Waals surface area contributed by atoms with Crippen LogP contribution in [0.15, 0.2) is 29.4 Å². The number of aliphatic imine (C=N–C) groups is 1. The smallest absolute Gasteiger partial charge is 0.191 e. The van der Waals surface area contributed by atoms with Gasteiger partial charge in [0.05, 0.1) is 18.2 Å². The molecule has 154 valence electrons. The number of benzene rings is 1. The maximum absolute atomic E-state index is 5.70. The summed E-state index contributed by atoms with van der Waals surface area (Å²) < 4.78 is 11.3. The van der Waals surface area contributed by atoms with Gasteiger partial charge in [0.25, 0.3) is 0 Å². The van der Waals surface area contributed by atoms with Crippen molar-refractivity contribution in [3.05, 3.63) is 39.8 Å². The molecule has 0 atom stereocenters. The van der Waals surface area contributed by atoms with Crippen molar-refractivity contribution in [3.8, 4) is 11.5 Å². The number of hydrogen-bond acceptors (Lipinski definition) is 5. The van der Waals surface area contributed by atoms with Crippen LogP contribution in [0, 0.1) is 0 Å². The Bertz CT molecular complexity index is 746. The molecule has 0 fully saturated rings. The van der Waals surface area contributed by atoms with Crippen molar-refractivity contribution >= 4 is 17.3 Å². The summed E-state index contributed by atoms with van der Waals surface area (Å²) in [5.74, 6) is 2.41. The summed E-state index contributed by atoms with van der Waals surface area (Å²) in [5, 5.41) is 7.88. The Morgan fingerprint density at radius 1 is 1.04 bits per heavy atom. The summed E-state index contributed by atoms with van der Waals surface area (Å²) in [6, 6.07) is 6.12. The van der Waals surface area contributed by atoms with Gasteiger partial charge < -0.3 is 20.1 Å². The molecule has 0 aliphatic rings. The lowest BCUT2D eigenvalue weighted by Gasteiger charge is -2.14. The molecule has 0 radical (unpaired) electrons. The van der Waals surface area contributed by atoms with Crippen LogP contribution in [0.25, 0.3) is 0 Å². The van der Waals surface area contributed by atoms with E-state index in [2.05, 4.69) is 39.7 Å². The second-order valence-electron chi connectivity index (χ2n) is 6.15. The van der Waals surface area contributed by atoms with Crippen LogP contribution >= 0.6 is 11.3 Å². The zero-order chi connectivity index (χ0) is 20.2. The Kier molecular flexibility index (Phi) is 9.62. The largest absolute Gasteiger partial charge is 0.490 e. The van der Waals surface area contributed by atoms with E-state index in [4.69, 9.17) is 9.47 Å². The van der Waals surface area contributed by atoms with Crippen LogP contribution in [0.1, 0.15) is 36.2 Å².